The number of rotatable bonds is 5. The lowest BCUT2D eigenvalue weighted by molar-refractivity contribution is 0.0638. The monoisotopic (exact) mass is 322 g/mol. The smallest absolute Gasteiger partial charge is 0.253 e. The summed E-state index contributed by atoms with van der Waals surface area (Å²) in [5.41, 5.74) is 0.960. The van der Waals surface area contributed by atoms with Crippen molar-refractivity contribution in [1.29, 1.82) is 0 Å². The molecule has 1 saturated heterocycles. The predicted octanol–water partition coefficient (Wildman–Crippen LogP) is 2.77. The lowest BCUT2D eigenvalue weighted by Gasteiger charge is -2.22. The van der Waals surface area contributed by atoms with Gasteiger partial charge in [-0.1, -0.05) is 6.92 Å². The Balaban J connectivity index is 2.12. The van der Waals surface area contributed by atoms with Crippen molar-refractivity contribution in [3.8, 4) is 0 Å². The normalized spacial score (nSPS) is 21.5. The number of hydrogen-bond acceptors (Lipinski definition) is 3. The van der Waals surface area contributed by atoms with Crippen LogP contribution in [0.3, 0.4) is 0 Å². The summed E-state index contributed by atoms with van der Waals surface area (Å²) in [7, 11) is 4.07. The second-order valence-corrected chi connectivity index (χ2v) is 6.88. The highest BCUT2D eigenvalue weighted by Crippen LogP contribution is 2.23. The molecule has 2 atom stereocenters. The molecule has 4 nitrogen and oxygen atoms in total. The van der Waals surface area contributed by atoms with Gasteiger partial charge in [-0.3, -0.25) is 4.79 Å². The minimum absolute atomic E-state index is 0.0223. The average Bonchev–Trinajstić information content (AvgIpc) is 2.87. The molecule has 0 spiro atoms. The largest absolute Gasteiger partial charge is 0.374 e. The number of carbonyl (C=O) groups excluding carboxylic acids is 1. The molecule has 1 heterocycles. The first-order chi connectivity index (χ1) is 10.8. The van der Waals surface area contributed by atoms with E-state index >= 15 is 0 Å². The van der Waals surface area contributed by atoms with Crippen molar-refractivity contribution in [1.82, 2.24) is 9.80 Å². The van der Waals surface area contributed by atoms with E-state index in [9.17, 15) is 9.18 Å². The number of amides is 1. The molecule has 0 radical (unpaired) electrons. The Morgan fingerprint density at radius 2 is 2.09 bits per heavy atom. The molecule has 0 N–H and O–H groups in total. The quantitative estimate of drug-likeness (QED) is 0.836. The van der Waals surface area contributed by atoms with Gasteiger partial charge in [0.2, 0.25) is 0 Å². The molecule has 1 aromatic rings. The molecule has 1 aliphatic heterocycles. The number of likely N-dealkylation sites (N-methyl/N-ethyl adjacent to an activating group) is 1. The topological polar surface area (TPSA) is 32.8 Å². The van der Waals surface area contributed by atoms with Gasteiger partial charge in [0.25, 0.3) is 5.91 Å². The van der Waals surface area contributed by atoms with Gasteiger partial charge in [0.1, 0.15) is 5.82 Å². The van der Waals surface area contributed by atoms with Crippen LogP contribution in [0.1, 0.15) is 36.7 Å². The summed E-state index contributed by atoms with van der Waals surface area (Å²) in [4.78, 5) is 16.7. The minimum atomic E-state index is -0.330. The fourth-order valence-electron chi connectivity index (χ4n) is 3.05. The fraction of sp³-hybridized carbons (Fsp3) is 0.611. The lowest BCUT2D eigenvalue weighted by Crippen LogP contribution is -2.35. The van der Waals surface area contributed by atoms with E-state index in [1.54, 1.807) is 12.1 Å². The van der Waals surface area contributed by atoms with E-state index in [2.05, 4.69) is 11.8 Å². The van der Waals surface area contributed by atoms with Gasteiger partial charge in [0.05, 0.1) is 12.7 Å². The first-order valence-electron chi connectivity index (χ1n) is 8.15. The molecule has 2 rings (SSSR count). The standard InChI is InChI=1S/C18H27FN2O2/c1-12(2)23-11-15-8-14(6-7-16(15)19)18(22)21-9-13(3)17(10-21)20(4)5/h6-8,12-13,17H,9-11H2,1-5H3/t13-,17-/m0/s1. The Bertz CT molecular complexity index is 560. The van der Waals surface area contributed by atoms with Gasteiger partial charge in [-0.15, -0.1) is 0 Å². The molecule has 5 heteroatoms. The molecule has 1 aromatic carbocycles. The van der Waals surface area contributed by atoms with Gasteiger partial charge in [0.15, 0.2) is 0 Å². The van der Waals surface area contributed by atoms with Crippen molar-refractivity contribution >= 4 is 5.91 Å². The summed E-state index contributed by atoms with van der Waals surface area (Å²) >= 11 is 0. The van der Waals surface area contributed by atoms with Crippen LogP contribution in [0.4, 0.5) is 4.39 Å². The van der Waals surface area contributed by atoms with Crippen LogP contribution in [0.15, 0.2) is 18.2 Å². The molecular weight excluding hydrogens is 295 g/mol. The Labute approximate surface area is 138 Å². The zero-order chi connectivity index (χ0) is 17.1. The molecule has 0 aromatic heterocycles. The summed E-state index contributed by atoms with van der Waals surface area (Å²) in [6, 6.07) is 4.90. The summed E-state index contributed by atoms with van der Waals surface area (Å²) in [5.74, 6) is 0.0632. The molecule has 0 unspecified atom stereocenters. The summed E-state index contributed by atoms with van der Waals surface area (Å²) in [5, 5.41) is 0. The number of hydrogen-bond donors (Lipinski definition) is 0. The van der Waals surface area contributed by atoms with Crippen LogP contribution in [0, 0.1) is 11.7 Å². The Hall–Kier alpha value is -1.46. The molecule has 1 amide bonds. The first-order valence-corrected chi connectivity index (χ1v) is 8.15. The van der Waals surface area contributed by atoms with E-state index < -0.39 is 0 Å². The van der Waals surface area contributed by atoms with Crippen LogP contribution in [-0.2, 0) is 11.3 Å². The SMILES string of the molecule is CC(C)OCc1cc(C(=O)N2C[C@H](C)[C@@H](N(C)C)C2)ccc1F. The van der Waals surface area contributed by atoms with Gasteiger partial charge < -0.3 is 14.5 Å². The van der Waals surface area contributed by atoms with Crippen molar-refractivity contribution in [2.75, 3.05) is 27.2 Å². The van der Waals surface area contributed by atoms with Crippen molar-refractivity contribution in [3.05, 3.63) is 35.1 Å². The maximum atomic E-state index is 13.9. The molecule has 0 bridgehead atoms. The summed E-state index contributed by atoms with van der Waals surface area (Å²) in [6.45, 7) is 7.59. The van der Waals surface area contributed by atoms with Crippen LogP contribution < -0.4 is 0 Å². The van der Waals surface area contributed by atoms with Crippen LogP contribution in [0.2, 0.25) is 0 Å². The molecule has 23 heavy (non-hydrogen) atoms. The van der Waals surface area contributed by atoms with Gasteiger partial charge in [-0.2, -0.15) is 0 Å². The fourth-order valence-corrected chi connectivity index (χ4v) is 3.05. The van der Waals surface area contributed by atoms with Crippen molar-refractivity contribution in [2.24, 2.45) is 5.92 Å². The van der Waals surface area contributed by atoms with E-state index in [4.69, 9.17) is 4.74 Å². The maximum Gasteiger partial charge on any atom is 0.253 e. The highest BCUT2D eigenvalue weighted by molar-refractivity contribution is 5.94. The third-order valence-corrected chi connectivity index (χ3v) is 4.39. The molecule has 0 saturated carbocycles. The summed E-state index contributed by atoms with van der Waals surface area (Å²) in [6.07, 6.45) is 0.0223. The van der Waals surface area contributed by atoms with Crippen LogP contribution in [-0.4, -0.2) is 55.0 Å². The average molecular weight is 322 g/mol. The first kappa shape index (κ1) is 17.9. The highest BCUT2D eigenvalue weighted by atomic mass is 19.1. The second kappa shape index (κ2) is 7.41. The Morgan fingerprint density at radius 3 is 2.65 bits per heavy atom. The highest BCUT2D eigenvalue weighted by Gasteiger charge is 2.34. The lowest BCUT2D eigenvalue weighted by atomic mass is 10.1. The third-order valence-electron chi connectivity index (χ3n) is 4.39. The molecule has 0 aliphatic carbocycles. The van der Waals surface area contributed by atoms with Crippen molar-refractivity contribution < 1.29 is 13.9 Å². The van der Waals surface area contributed by atoms with Gasteiger partial charge in [-0.05, 0) is 52.1 Å². The van der Waals surface area contributed by atoms with Crippen LogP contribution >= 0.6 is 0 Å². The van der Waals surface area contributed by atoms with E-state index in [0.29, 0.717) is 29.6 Å². The maximum absolute atomic E-state index is 13.9. The van der Waals surface area contributed by atoms with E-state index in [1.807, 2.05) is 32.8 Å². The second-order valence-electron chi connectivity index (χ2n) is 6.88. The number of carbonyl (C=O) groups is 1. The van der Waals surface area contributed by atoms with E-state index in [1.165, 1.54) is 6.07 Å². The zero-order valence-corrected chi connectivity index (χ0v) is 14.7. The number of nitrogens with zero attached hydrogens (tertiary/aromatic N) is 2. The molecule has 128 valence electrons. The van der Waals surface area contributed by atoms with Crippen LogP contribution in [0.5, 0.6) is 0 Å². The van der Waals surface area contributed by atoms with Gasteiger partial charge in [0, 0.05) is 30.3 Å². The Morgan fingerprint density at radius 1 is 1.39 bits per heavy atom. The number of benzene rings is 1. The van der Waals surface area contributed by atoms with Gasteiger partial charge >= 0.3 is 0 Å². The van der Waals surface area contributed by atoms with Crippen molar-refractivity contribution in [2.45, 2.75) is 39.5 Å². The van der Waals surface area contributed by atoms with Crippen molar-refractivity contribution in [3.63, 3.8) is 0 Å². The zero-order valence-electron chi connectivity index (χ0n) is 14.7. The van der Waals surface area contributed by atoms with E-state index in [0.717, 1.165) is 6.54 Å². The molecular formula is C18H27FN2O2. The predicted molar refractivity (Wildman–Crippen MR) is 88.9 cm³/mol. The Kier molecular flexibility index (Phi) is 5.76. The minimum Gasteiger partial charge on any atom is -0.374 e. The molecule has 1 fully saturated rings. The number of halogens is 1. The summed E-state index contributed by atoms with van der Waals surface area (Å²) < 4.78 is 19.3. The van der Waals surface area contributed by atoms with E-state index in [-0.39, 0.29) is 24.4 Å². The number of likely N-dealkylation sites (tertiary alicyclic amines) is 1. The number of ether oxygens (including phenoxy) is 1. The van der Waals surface area contributed by atoms with Crippen LogP contribution in [0.25, 0.3) is 0 Å². The third kappa shape index (κ3) is 4.30. The molecule has 1 aliphatic rings. The van der Waals surface area contributed by atoms with Gasteiger partial charge in [-0.25, -0.2) is 4.39 Å².